The number of hydrogen-bond acceptors (Lipinski definition) is 4. The van der Waals surface area contributed by atoms with Crippen molar-refractivity contribution in [2.75, 3.05) is 19.8 Å². The van der Waals surface area contributed by atoms with Crippen LogP contribution in [0.25, 0.3) is 0 Å². The zero-order valence-corrected chi connectivity index (χ0v) is 15.0. The summed E-state index contributed by atoms with van der Waals surface area (Å²) in [5.74, 6) is -0.0992. The van der Waals surface area contributed by atoms with Crippen LogP contribution < -0.4 is 5.32 Å². The molecule has 6 nitrogen and oxygen atoms in total. The third-order valence-corrected chi connectivity index (χ3v) is 4.38. The minimum absolute atomic E-state index is 0.0701. The monoisotopic (exact) mass is 343 g/mol. The molecule has 0 radical (unpaired) electrons. The van der Waals surface area contributed by atoms with Crippen molar-refractivity contribution in [3.8, 4) is 0 Å². The molecule has 6 heteroatoms. The normalized spacial score (nSPS) is 20.0. The van der Waals surface area contributed by atoms with Gasteiger partial charge in [0.25, 0.3) is 5.91 Å². The first-order chi connectivity index (χ1) is 12.1. The molecule has 0 bridgehead atoms. The van der Waals surface area contributed by atoms with Crippen molar-refractivity contribution in [3.05, 3.63) is 52.8 Å². The Balaban J connectivity index is 1.61. The van der Waals surface area contributed by atoms with Gasteiger partial charge in [0, 0.05) is 17.9 Å². The summed E-state index contributed by atoms with van der Waals surface area (Å²) in [5, 5.41) is 7.47. The highest BCUT2D eigenvalue weighted by atomic mass is 16.5. The predicted molar refractivity (Wildman–Crippen MR) is 94.7 cm³/mol. The fraction of sp³-hybridized carbons (Fsp3) is 0.474. The van der Waals surface area contributed by atoms with Crippen LogP contribution >= 0.6 is 0 Å². The Morgan fingerprint density at radius 1 is 1.32 bits per heavy atom. The van der Waals surface area contributed by atoms with Crippen molar-refractivity contribution < 1.29 is 14.3 Å². The molecule has 0 unspecified atom stereocenters. The van der Waals surface area contributed by atoms with Gasteiger partial charge in [-0.3, -0.25) is 9.48 Å². The number of amides is 1. The molecule has 2 atom stereocenters. The molecular formula is C19H25N3O3. The van der Waals surface area contributed by atoms with Crippen LogP contribution in [-0.4, -0.2) is 47.7 Å². The molecular weight excluding hydrogens is 318 g/mol. The summed E-state index contributed by atoms with van der Waals surface area (Å²) in [6, 6.07) is 9.60. The maximum atomic E-state index is 12.4. The van der Waals surface area contributed by atoms with E-state index in [4.69, 9.17) is 9.47 Å². The molecule has 1 aliphatic heterocycles. The van der Waals surface area contributed by atoms with E-state index in [1.807, 2.05) is 49.7 Å². The fourth-order valence-corrected chi connectivity index (χ4v) is 3.07. The molecule has 1 aliphatic rings. The van der Waals surface area contributed by atoms with Gasteiger partial charge >= 0.3 is 0 Å². The highest BCUT2D eigenvalue weighted by Crippen LogP contribution is 2.13. The molecule has 1 fully saturated rings. The molecule has 0 saturated carbocycles. The zero-order valence-electron chi connectivity index (χ0n) is 15.0. The van der Waals surface area contributed by atoms with E-state index in [0.29, 0.717) is 31.9 Å². The largest absolute Gasteiger partial charge is 0.376 e. The third kappa shape index (κ3) is 4.27. The molecule has 0 aliphatic carbocycles. The van der Waals surface area contributed by atoms with Crippen LogP contribution in [0.5, 0.6) is 0 Å². The predicted octanol–water partition coefficient (Wildman–Crippen LogP) is 2.08. The number of hydrogen-bond donors (Lipinski definition) is 1. The highest BCUT2D eigenvalue weighted by Gasteiger charge is 2.30. The number of aryl methyl sites for hydroxylation is 2. The van der Waals surface area contributed by atoms with Crippen molar-refractivity contribution in [3.63, 3.8) is 0 Å². The lowest BCUT2D eigenvalue weighted by molar-refractivity contribution is 0.0402. The Bertz CT molecular complexity index is 724. The average Bonchev–Trinajstić information content (AvgIpc) is 3.15. The summed E-state index contributed by atoms with van der Waals surface area (Å²) in [6.07, 6.45) is -0.0701. The summed E-state index contributed by atoms with van der Waals surface area (Å²) < 4.78 is 13.0. The number of carbonyl (C=O) groups excluding carboxylic acids is 1. The van der Waals surface area contributed by atoms with E-state index in [9.17, 15) is 4.79 Å². The summed E-state index contributed by atoms with van der Waals surface area (Å²) in [5.41, 5.74) is 3.89. The molecule has 1 aromatic heterocycles. The maximum Gasteiger partial charge on any atom is 0.251 e. The van der Waals surface area contributed by atoms with E-state index < -0.39 is 0 Å². The summed E-state index contributed by atoms with van der Waals surface area (Å²) in [4.78, 5) is 12.4. The van der Waals surface area contributed by atoms with E-state index in [-0.39, 0.29) is 18.1 Å². The Kier molecular flexibility index (Phi) is 5.50. The van der Waals surface area contributed by atoms with Gasteiger partial charge in [0.2, 0.25) is 0 Å². The van der Waals surface area contributed by atoms with Crippen LogP contribution in [0.15, 0.2) is 30.3 Å². The summed E-state index contributed by atoms with van der Waals surface area (Å²) in [7, 11) is 0. The van der Waals surface area contributed by atoms with Crippen LogP contribution in [0.4, 0.5) is 0 Å². The lowest BCUT2D eigenvalue weighted by Gasteiger charge is -2.19. The van der Waals surface area contributed by atoms with Gasteiger partial charge in [-0.25, -0.2) is 0 Å². The molecule has 1 aromatic carbocycles. The first-order valence-corrected chi connectivity index (χ1v) is 8.67. The summed E-state index contributed by atoms with van der Waals surface area (Å²) in [6.45, 7) is 8.30. The number of nitrogens with one attached hydrogen (secondary N) is 1. The van der Waals surface area contributed by atoms with E-state index in [1.165, 1.54) is 0 Å². The zero-order chi connectivity index (χ0) is 17.8. The van der Waals surface area contributed by atoms with Crippen molar-refractivity contribution in [2.24, 2.45) is 0 Å². The van der Waals surface area contributed by atoms with Gasteiger partial charge in [-0.05, 0) is 44.5 Å². The second-order valence-electron chi connectivity index (χ2n) is 6.39. The topological polar surface area (TPSA) is 65.4 Å². The molecule has 1 amide bonds. The van der Waals surface area contributed by atoms with Crippen LogP contribution in [0.2, 0.25) is 0 Å². The number of carbonyl (C=O) groups is 1. The second kappa shape index (κ2) is 7.80. The molecule has 2 aromatic rings. The smallest absolute Gasteiger partial charge is 0.251 e. The first kappa shape index (κ1) is 17.6. The number of nitrogens with zero attached hydrogens (tertiary/aromatic N) is 2. The van der Waals surface area contributed by atoms with Crippen molar-refractivity contribution >= 4 is 5.91 Å². The standard InChI is InChI=1S/C19H25N3O3/c1-4-25-18-12-24-11-17(18)20-19(23)16-7-5-15(6-8-16)10-22-14(3)9-13(2)21-22/h5-9,17-18H,4,10-12H2,1-3H3,(H,20,23)/t17-,18-/m0/s1. The second-order valence-corrected chi connectivity index (χ2v) is 6.39. The molecule has 0 spiro atoms. The van der Waals surface area contributed by atoms with E-state index in [1.54, 1.807) is 0 Å². The van der Waals surface area contributed by atoms with Gasteiger partial charge in [0.1, 0.15) is 6.10 Å². The van der Waals surface area contributed by atoms with Gasteiger partial charge in [0.15, 0.2) is 0 Å². The Morgan fingerprint density at radius 3 is 2.72 bits per heavy atom. The molecule has 1 saturated heterocycles. The molecule has 2 heterocycles. The molecule has 25 heavy (non-hydrogen) atoms. The van der Waals surface area contributed by atoms with E-state index >= 15 is 0 Å². The first-order valence-electron chi connectivity index (χ1n) is 8.67. The van der Waals surface area contributed by atoms with Gasteiger partial charge < -0.3 is 14.8 Å². The van der Waals surface area contributed by atoms with Crippen LogP contribution in [-0.2, 0) is 16.0 Å². The number of aromatic nitrogens is 2. The fourth-order valence-electron chi connectivity index (χ4n) is 3.07. The number of ether oxygens (including phenoxy) is 2. The van der Waals surface area contributed by atoms with Gasteiger partial charge in [-0.1, -0.05) is 12.1 Å². The minimum atomic E-state index is -0.0992. The summed E-state index contributed by atoms with van der Waals surface area (Å²) >= 11 is 0. The van der Waals surface area contributed by atoms with Crippen LogP contribution in [0.1, 0.15) is 34.2 Å². The van der Waals surface area contributed by atoms with Crippen molar-refractivity contribution in [1.29, 1.82) is 0 Å². The Morgan fingerprint density at radius 2 is 2.08 bits per heavy atom. The van der Waals surface area contributed by atoms with Crippen LogP contribution in [0.3, 0.4) is 0 Å². The Hall–Kier alpha value is -2.18. The molecule has 1 N–H and O–H groups in total. The molecule has 3 rings (SSSR count). The lowest BCUT2D eigenvalue weighted by atomic mass is 10.1. The quantitative estimate of drug-likeness (QED) is 0.872. The Labute approximate surface area is 148 Å². The third-order valence-electron chi connectivity index (χ3n) is 4.38. The number of benzene rings is 1. The van der Waals surface area contributed by atoms with Crippen molar-refractivity contribution in [1.82, 2.24) is 15.1 Å². The lowest BCUT2D eigenvalue weighted by Crippen LogP contribution is -2.43. The average molecular weight is 343 g/mol. The highest BCUT2D eigenvalue weighted by molar-refractivity contribution is 5.94. The maximum absolute atomic E-state index is 12.4. The molecule has 134 valence electrons. The minimum Gasteiger partial charge on any atom is -0.376 e. The van der Waals surface area contributed by atoms with Crippen molar-refractivity contribution in [2.45, 2.75) is 39.5 Å². The van der Waals surface area contributed by atoms with Crippen LogP contribution in [0, 0.1) is 13.8 Å². The van der Waals surface area contributed by atoms with Gasteiger partial charge in [-0.15, -0.1) is 0 Å². The van der Waals surface area contributed by atoms with E-state index in [2.05, 4.69) is 16.5 Å². The van der Waals surface area contributed by atoms with Gasteiger partial charge in [-0.2, -0.15) is 5.10 Å². The number of rotatable bonds is 6. The SMILES string of the molecule is CCO[C@H]1COC[C@@H]1NC(=O)c1ccc(Cn2nc(C)cc2C)cc1. The van der Waals surface area contributed by atoms with Gasteiger partial charge in [0.05, 0.1) is 31.5 Å². The van der Waals surface area contributed by atoms with E-state index in [0.717, 1.165) is 17.0 Å².